The molecule has 0 saturated carbocycles. The zero-order chi connectivity index (χ0) is 19.1. The zero-order valence-electron chi connectivity index (χ0n) is 16.1. The lowest BCUT2D eigenvalue weighted by molar-refractivity contribution is 1.25. The SMILES string of the molecule is C\C=C/C=C1/Cc2c(ccc3c4ccccc4c4ccccc4c23)/C1=C\CN. The van der Waals surface area contributed by atoms with Gasteiger partial charge in [-0.05, 0) is 67.9 Å². The van der Waals surface area contributed by atoms with Crippen LogP contribution in [0, 0.1) is 0 Å². The second kappa shape index (κ2) is 6.78. The lowest BCUT2D eigenvalue weighted by Crippen LogP contribution is -1.95. The molecular formula is C27H23N. The monoisotopic (exact) mass is 361 g/mol. The van der Waals surface area contributed by atoms with E-state index in [9.17, 15) is 0 Å². The van der Waals surface area contributed by atoms with Crippen LogP contribution in [0.4, 0.5) is 0 Å². The van der Waals surface area contributed by atoms with Crippen molar-refractivity contribution in [2.45, 2.75) is 13.3 Å². The summed E-state index contributed by atoms with van der Waals surface area (Å²) in [6.45, 7) is 2.61. The van der Waals surface area contributed by atoms with Crippen LogP contribution < -0.4 is 5.73 Å². The predicted octanol–water partition coefficient (Wildman–Crippen LogP) is 6.55. The molecule has 1 nitrogen and oxygen atoms in total. The first-order valence-corrected chi connectivity index (χ1v) is 9.91. The quantitative estimate of drug-likeness (QED) is 0.403. The highest BCUT2D eigenvalue weighted by atomic mass is 14.5. The van der Waals surface area contributed by atoms with E-state index in [0.717, 1.165) is 6.42 Å². The van der Waals surface area contributed by atoms with E-state index in [2.05, 4.69) is 91.9 Å². The summed E-state index contributed by atoms with van der Waals surface area (Å²) >= 11 is 0. The topological polar surface area (TPSA) is 26.0 Å². The van der Waals surface area contributed by atoms with E-state index >= 15 is 0 Å². The van der Waals surface area contributed by atoms with Crippen LogP contribution >= 0.6 is 0 Å². The fourth-order valence-corrected chi connectivity index (χ4v) is 4.68. The molecule has 0 aromatic heterocycles. The Morgan fingerprint density at radius 2 is 1.43 bits per heavy atom. The van der Waals surface area contributed by atoms with Gasteiger partial charge in [0, 0.05) is 6.54 Å². The standard InChI is InChI=1S/C27H23N/c1-2-3-8-18-17-26-23(19(18)15-16-28)13-14-25-22-11-5-4-9-20(22)21-10-6-7-12-24(21)27(25)26/h2-15H,16-17,28H2,1H3/b3-2-,18-8-,19-15-. The molecule has 0 fully saturated rings. The highest BCUT2D eigenvalue weighted by Crippen LogP contribution is 2.45. The van der Waals surface area contributed by atoms with Crippen LogP contribution in [0.3, 0.4) is 0 Å². The maximum Gasteiger partial charge on any atom is 0.0116 e. The van der Waals surface area contributed by atoms with Crippen molar-refractivity contribution in [1.82, 2.24) is 0 Å². The largest absolute Gasteiger partial charge is 0.327 e. The Balaban J connectivity index is 1.95. The maximum absolute atomic E-state index is 5.91. The molecule has 2 N–H and O–H groups in total. The molecule has 0 aliphatic heterocycles. The molecule has 0 atom stereocenters. The van der Waals surface area contributed by atoms with Gasteiger partial charge >= 0.3 is 0 Å². The molecule has 0 radical (unpaired) electrons. The van der Waals surface area contributed by atoms with E-state index in [4.69, 9.17) is 5.73 Å². The Hall–Kier alpha value is -3.16. The zero-order valence-corrected chi connectivity index (χ0v) is 16.1. The van der Waals surface area contributed by atoms with Gasteiger partial charge in [-0.1, -0.05) is 85.0 Å². The summed E-state index contributed by atoms with van der Waals surface area (Å²) in [5, 5.41) is 8.05. The number of fused-ring (bicyclic) bond motifs is 8. The molecule has 0 saturated heterocycles. The fourth-order valence-electron chi connectivity index (χ4n) is 4.68. The molecule has 0 spiro atoms. The summed E-state index contributed by atoms with van der Waals surface area (Å²) in [7, 11) is 0. The molecule has 1 heteroatoms. The number of rotatable bonds is 2. The average Bonchev–Trinajstić information content (AvgIpc) is 3.10. The molecule has 136 valence electrons. The first-order chi connectivity index (χ1) is 13.8. The van der Waals surface area contributed by atoms with Gasteiger partial charge in [0.2, 0.25) is 0 Å². The number of allylic oxidation sites excluding steroid dienone is 5. The van der Waals surface area contributed by atoms with Gasteiger partial charge in [-0.25, -0.2) is 0 Å². The average molecular weight is 361 g/mol. The third-order valence-electron chi connectivity index (χ3n) is 5.83. The van der Waals surface area contributed by atoms with Crippen LogP contribution in [0.2, 0.25) is 0 Å². The minimum atomic E-state index is 0.554. The Morgan fingerprint density at radius 1 is 0.821 bits per heavy atom. The van der Waals surface area contributed by atoms with Crippen molar-refractivity contribution in [3.63, 3.8) is 0 Å². The van der Waals surface area contributed by atoms with E-state index < -0.39 is 0 Å². The van der Waals surface area contributed by atoms with E-state index in [1.54, 1.807) is 0 Å². The lowest BCUT2D eigenvalue weighted by Gasteiger charge is -2.13. The van der Waals surface area contributed by atoms with Gasteiger partial charge in [0.1, 0.15) is 0 Å². The minimum absolute atomic E-state index is 0.554. The van der Waals surface area contributed by atoms with Crippen molar-refractivity contribution in [2.24, 2.45) is 5.73 Å². The van der Waals surface area contributed by atoms with Crippen LogP contribution in [0.15, 0.2) is 90.5 Å². The van der Waals surface area contributed by atoms with E-state index in [-0.39, 0.29) is 0 Å². The molecule has 4 aromatic carbocycles. The van der Waals surface area contributed by atoms with Crippen molar-refractivity contribution < 1.29 is 0 Å². The van der Waals surface area contributed by atoms with Gasteiger partial charge < -0.3 is 5.73 Å². The van der Waals surface area contributed by atoms with Crippen molar-refractivity contribution >= 4 is 37.9 Å². The molecule has 1 aliphatic rings. The van der Waals surface area contributed by atoms with Gasteiger partial charge in [0.15, 0.2) is 0 Å². The first-order valence-electron chi connectivity index (χ1n) is 9.91. The van der Waals surface area contributed by atoms with Crippen LogP contribution in [-0.4, -0.2) is 6.54 Å². The Labute approximate surface area is 165 Å². The Kier molecular flexibility index (Phi) is 4.11. The Bertz CT molecular complexity index is 1280. The summed E-state index contributed by atoms with van der Waals surface area (Å²) in [5.41, 5.74) is 11.3. The van der Waals surface area contributed by atoms with Gasteiger partial charge in [-0.2, -0.15) is 0 Å². The van der Waals surface area contributed by atoms with Crippen LogP contribution in [0.25, 0.3) is 37.9 Å². The van der Waals surface area contributed by atoms with Crippen LogP contribution in [-0.2, 0) is 6.42 Å². The molecule has 1 aliphatic carbocycles. The molecular weight excluding hydrogens is 338 g/mol. The van der Waals surface area contributed by atoms with Gasteiger partial charge in [0.25, 0.3) is 0 Å². The van der Waals surface area contributed by atoms with E-state index in [1.165, 1.54) is 54.6 Å². The van der Waals surface area contributed by atoms with Crippen molar-refractivity contribution in [2.75, 3.05) is 6.54 Å². The number of hydrogen-bond acceptors (Lipinski definition) is 1. The van der Waals surface area contributed by atoms with Gasteiger partial charge in [-0.3, -0.25) is 0 Å². The molecule has 0 amide bonds. The molecule has 0 bridgehead atoms. The van der Waals surface area contributed by atoms with Crippen molar-refractivity contribution in [3.05, 3.63) is 102 Å². The summed E-state index contributed by atoms with van der Waals surface area (Å²) in [6, 6.07) is 22.2. The van der Waals surface area contributed by atoms with Crippen molar-refractivity contribution in [1.29, 1.82) is 0 Å². The number of benzene rings is 4. The first kappa shape index (κ1) is 17.0. The predicted molar refractivity (Wildman–Crippen MR) is 123 cm³/mol. The third kappa shape index (κ3) is 2.44. The summed E-state index contributed by atoms with van der Waals surface area (Å²) < 4.78 is 0. The normalized spacial score (nSPS) is 16.9. The second-order valence-corrected chi connectivity index (χ2v) is 7.35. The summed E-state index contributed by atoms with van der Waals surface area (Å²) in [6.07, 6.45) is 9.55. The number of hydrogen-bond donors (Lipinski definition) is 1. The van der Waals surface area contributed by atoms with Gasteiger partial charge in [0.05, 0.1) is 0 Å². The molecule has 0 heterocycles. The maximum atomic E-state index is 5.91. The molecule has 0 unspecified atom stereocenters. The highest BCUT2D eigenvalue weighted by molar-refractivity contribution is 6.27. The van der Waals surface area contributed by atoms with E-state index in [1.807, 2.05) is 0 Å². The smallest absolute Gasteiger partial charge is 0.0116 e. The van der Waals surface area contributed by atoms with E-state index in [0.29, 0.717) is 6.54 Å². The second-order valence-electron chi connectivity index (χ2n) is 7.35. The number of nitrogens with two attached hydrogens (primary N) is 1. The van der Waals surface area contributed by atoms with Crippen LogP contribution in [0.5, 0.6) is 0 Å². The summed E-state index contributed by atoms with van der Waals surface area (Å²) in [5.74, 6) is 0. The molecule has 5 rings (SSSR count). The minimum Gasteiger partial charge on any atom is -0.327 e. The third-order valence-corrected chi connectivity index (χ3v) is 5.83. The Morgan fingerprint density at radius 3 is 2.07 bits per heavy atom. The highest BCUT2D eigenvalue weighted by Gasteiger charge is 2.24. The van der Waals surface area contributed by atoms with Crippen molar-refractivity contribution in [3.8, 4) is 0 Å². The van der Waals surface area contributed by atoms with Crippen LogP contribution in [0.1, 0.15) is 18.1 Å². The molecule has 4 aromatic rings. The molecule has 28 heavy (non-hydrogen) atoms. The van der Waals surface area contributed by atoms with Gasteiger partial charge in [-0.15, -0.1) is 0 Å². The lowest BCUT2D eigenvalue weighted by atomic mass is 9.90. The fraction of sp³-hybridized carbons (Fsp3) is 0.111. The summed E-state index contributed by atoms with van der Waals surface area (Å²) in [4.78, 5) is 0.